The van der Waals surface area contributed by atoms with Crippen LogP contribution < -0.4 is 5.32 Å². The van der Waals surface area contributed by atoms with Gasteiger partial charge in [-0.05, 0) is 43.4 Å². The maximum absolute atomic E-state index is 3.54. The Morgan fingerprint density at radius 1 is 1.29 bits per heavy atom. The Hall–Kier alpha value is -0.820. The lowest BCUT2D eigenvalue weighted by molar-refractivity contribution is 0.682. The molecule has 0 spiro atoms. The highest BCUT2D eigenvalue weighted by Gasteiger charge is 2.19. The van der Waals surface area contributed by atoms with Crippen LogP contribution in [0.2, 0.25) is 0 Å². The summed E-state index contributed by atoms with van der Waals surface area (Å²) in [5.74, 6) is 0. The zero-order valence-electron chi connectivity index (χ0n) is 8.92. The average Bonchev–Trinajstić information content (AvgIpc) is 3.02. The van der Waals surface area contributed by atoms with E-state index in [0.717, 1.165) is 19.0 Å². The standard InChI is InChI=1S/C13H19N/c1-2-11-4-3-5-12(10-11)8-9-14-13-6-7-13/h3-5,10,13-14H,2,6-9H2,1H3. The van der Waals surface area contributed by atoms with E-state index >= 15 is 0 Å². The van der Waals surface area contributed by atoms with Crippen molar-refractivity contribution in [3.05, 3.63) is 35.4 Å². The Balaban J connectivity index is 1.81. The summed E-state index contributed by atoms with van der Waals surface area (Å²) in [5.41, 5.74) is 2.92. The van der Waals surface area contributed by atoms with Gasteiger partial charge >= 0.3 is 0 Å². The molecule has 1 aliphatic rings. The van der Waals surface area contributed by atoms with E-state index in [1.165, 1.54) is 30.4 Å². The van der Waals surface area contributed by atoms with Crippen LogP contribution in [0.4, 0.5) is 0 Å². The summed E-state index contributed by atoms with van der Waals surface area (Å²) in [6.45, 7) is 3.35. The summed E-state index contributed by atoms with van der Waals surface area (Å²) in [6, 6.07) is 9.77. The highest BCUT2D eigenvalue weighted by Crippen LogP contribution is 2.18. The van der Waals surface area contributed by atoms with Crippen LogP contribution in [0.3, 0.4) is 0 Å². The quantitative estimate of drug-likeness (QED) is 0.750. The molecule has 0 radical (unpaired) electrons. The number of hydrogen-bond donors (Lipinski definition) is 1. The molecule has 76 valence electrons. The second kappa shape index (κ2) is 4.61. The van der Waals surface area contributed by atoms with Crippen LogP contribution in [0.1, 0.15) is 30.9 Å². The molecule has 1 aromatic rings. The smallest absolute Gasteiger partial charge is 0.00683 e. The summed E-state index contributed by atoms with van der Waals surface area (Å²) < 4.78 is 0. The third kappa shape index (κ3) is 2.85. The van der Waals surface area contributed by atoms with E-state index in [4.69, 9.17) is 0 Å². The minimum Gasteiger partial charge on any atom is -0.314 e. The highest BCUT2D eigenvalue weighted by atomic mass is 14.9. The van der Waals surface area contributed by atoms with Gasteiger partial charge in [0, 0.05) is 6.04 Å². The van der Waals surface area contributed by atoms with Gasteiger partial charge in [0.25, 0.3) is 0 Å². The second-order valence-corrected chi connectivity index (χ2v) is 4.15. The summed E-state index contributed by atoms with van der Waals surface area (Å²) in [4.78, 5) is 0. The fourth-order valence-corrected chi connectivity index (χ4v) is 1.71. The lowest BCUT2D eigenvalue weighted by atomic mass is 10.1. The van der Waals surface area contributed by atoms with Gasteiger partial charge in [0.15, 0.2) is 0 Å². The lowest BCUT2D eigenvalue weighted by Crippen LogP contribution is -2.19. The number of benzene rings is 1. The Bertz CT molecular complexity index is 289. The number of nitrogens with one attached hydrogen (secondary N) is 1. The lowest BCUT2D eigenvalue weighted by Gasteiger charge is -2.04. The van der Waals surface area contributed by atoms with Crippen LogP contribution in [-0.4, -0.2) is 12.6 Å². The first kappa shape index (κ1) is 9.72. The van der Waals surface area contributed by atoms with E-state index in [-0.39, 0.29) is 0 Å². The predicted octanol–water partition coefficient (Wildman–Crippen LogP) is 2.54. The maximum Gasteiger partial charge on any atom is 0.00683 e. The number of aryl methyl sites for hydroxylation is 1. The van der Waals surface area contributed by atoms with E-state index in [2.05, 4.69) is 36.5 Å². The SMILES string of the molecule is CCc1cccc(CCNC2CC2)c1. The Morgan fingerprint density at radius 3 is 2.79 bits per heavy atom. The van der Waals surface area contributed by atoms with Crippen molar-refractivity contribution < 1.29 is 0 Å². The molecule has 1 aromatic carbocycles. The maximum atomic E-state index is 3.54. The normalized spacial score (nSPS) is 15.8. The third-order valence-corrected chi connectivity index (χ3v) is 2.82. The first-order chi connectivity index (χ1) is 6.88. The van der Waals surface area contributed by atoms with Gasteiger partial charge in [-0.3, -0.25) is 0 Å². The Morgan fingerprint density at radius 2 is 2.07 bits per heavy atom. The first-order valence-corrected chi connectivity index (χ1v) is 5.69. The molecule has 1 N–H and O–H groups in total. The van der Waals surface area contributed by atoms with Gasteiger partial charge < -0.3 is 5.32 Å². The van der Waals surface area contributed by atoms with E-state index in [0.29, 0.717) is 0 Å². The largest absolute Gasteiger partial charge is 0.314 e. The zero-order chi connectivity index (χ0) is 9.80. The molecule has 0 amide bonds. The summed E-state index contributed by atoms with van der Waals surface area (Å²) in [7, 11) is 0. The van der Waals surface area contributed by atoms with Crippen molar-refractivity contribution in [3.8, 4) is 0 Å². The first-order valence-electron chi connectivity index (χ1n) is 5.69. The molecular weight excluding hydrogens is 170 g/mol. The molecule has 0 aliphatic heterocycles. The van der Waals surface area contributed by atoms with E-state index in [1.807, 2.05) is 0 Å². The fraction of sp³-hybridized carbons (Fsp3) is 0.538. The molecule has 1 saturated carbocycles. The fourth-order valence-electron chi connectivity index (χ4n) is 1.71. The molecule has 0 aromatic heterocycles. The molecular formula is C13H19N. The minimum absolute atomic E-state index is 0.837. The van der Waals surface area contributed by atoms with Gasteiger partial charge in [-0.25, -0.2) is 0 Å². The molecule has 0 atom stereocenters. The third-order valence-electron chi connectivity index (χ3n) is 2.82. The number of hydrogen-bond acceptors (Lipinski definition) is 1. The van der Waals surface area contributed by atoms with Crippen molar-refractivity contribution in [2.75, 3.05) is 6.54 Å². The summed E-state index contributed by atoms with van der Waals surface area (Å²) in [6.07, 6.45) is 5.08. The average molecular weight is 189 g/mol. The predicted molar refractivity (Wildman–Crippen MR) is 60.5 cm³/mol. The topological polar surface area (TPSA) is 12.0 Å². The van der Waals surface area contributed by atoms with Gasteiger partial charge in [0.1, 0.15) is 0 Å². The molecule has 0 bridgehead atoms. The molecule has 1 fully saturated rings. The summed E-state index contributed by atoms with van der Waals surface area (Å²) in [5, 5.41) is 3.54. The Kier molecular flexibility index (Phi) is 3.20. The Labute approximate surface area is 86.5 Å². The van der Waals surface area contributed by atoms with Gasteiger partial charge in [-0.1, -0.05) is 31.2 Å². The highest BCUT2D eigenvalue weighted by molar-refractivity contribution is 5.23. The van der Waals surface area contributed by atoms with Crippen LogP contribution in [0.25, 0.3) is 0 Å². The van der Waals surface area contributed by atoms with Crippen molar-refractivity contribution in [1.29, 1.82) is 0 Å². The minimum atomic E-state index is 0.837. The van der Waals surface area contributed by atoms with Crippen molar-refractivity contribution in [2.24, 2.45) is 0 Å². The molecule has 1 nitrogen and oxygen atoms in total. The van der Waals surface area contributed by atoms with Crippen molar-refractivity contribution in [3.63, 3.8) is 0 Å². The monoisotopic (exact) mass is 189 g/mol. The van der Waals surface area contributed by atoms with Crippen LogP contribution in [-0.2, 0) is 12.8 Å². The van der Waals surface area contributed by atoms with E-state index < -0.39 is 0 Å². The second-order valence-electron chi connectivity index (χ2n) is 4.15. The van der Waals surface area contributed by atoms with Gasteiger partial charge in [0.05, 0.1) is 0 Å². The van der Waals surface area contributed by atoms with Gasteiger partial charge in [-0.15, -0.1) is 0 Å². The molecule has 0 unspecified atom stereocenters. The van der Waals surface area contributed by atoms with Gasteiger partial charge in [0.2, 0.25) is 0 Å². The van der Waals surface area contributed by atoms with E-state index in [1.54, 1.807) is 0 Å². The molecule has 2 rings (SSSR count). The van der Waals surface area contributed by atoms with E-state index in [9.17, 15) is 0 Å². The van der Waals surface area contributed by atoms with Crippen molar-refractivity contribution in [2.45, 2.75) is 38.6 Å². The number of rotatable bonds is 5. The van der Waals surface area contributed by atoms with Crippen molar-refractivity contribution in [1.82, 2.24) is 5.32 Å². The van der Waals surface area contributed by atoms with Crippen molar-refractivity contribution >= 4 is 0 Å². The molecule has 0 saturated heterocycles. The van der Waals surface area contributed by atoms with Crippen LogP contribution >= 0.6 is 0 Å². The zero-order valence-corrected chi connectivity index (χ0v) is 8.92. The van der Waals surface area contributed by atoms with Crippen LogP contribution in [0.15, 0.2) is 24.3 Å². The molecule has 14 heavy (non-hydrogen) atoms. The molecule has 1 heteroatoms. The molecule has 1 aliphatic carbocycles. The van der Waals surface area contributed by atoms with Crippen LogP contribution in [0, 0.1) is 0 Å². The molecule has 0 heterocycles. The van der Waals surface area contributed by atoms with Gasteiger partial charge in [-0.2, -0.15) is 0 Å². The van der Waals surface area contributed by atoms with Crippen LogP contribution in [0.5, 0.6) is 0 Å². The summed E-state index contributed by atoms with van der Waals surface area (Å²) >= 11 is 0.